The number of nitrogens with zero attached hydrogens (tertiary/aromatic N) is 3. The molecule has 34 heavy (non-hydrogen) atoms. The van der Waals surface area contributed by atoms with Gasteiger partial charge >= 0.3 is 6.03 Å². The van der Waals surface area contributed by atoms with Crippen molar-refractivity contribution in [2.45, 2.75) is 38.8 Å². The van der Waals surface area contributed by atoms with Gasteiger partial charge in [-0.1, -0.05) is 18.2 Å². The van der Waals surface area contributed by atoms with Crippen molar-refractivity contribution < 1.29 is 19.1 Å². The molecule has 174 valence electrons. The van der Waals surface area contributed by atoms with Gasteiger partial charge in [0.15, 0.2) is 5.54 Å². The number of carbonyl (C=O) groups excluding carboxylic acids is 3. The Balaban J connectivity index is 1.47. The molecule has 1 fully saturated rings. The zero-order valence-corrected chi connectivity index (χ0v) is 19.3. The summed E-state index contributed by atoms with van der Waals surface area (Å²) in [5.41, 5.74) is 4.36. The molecule has 1 unspecified atom stereocenters. The summed E-state index contributed by atoms with van der Waals surface area (Å²) in [6, 6.07) is 4.80. The number of imide groups is 1. The number of benzene rings is 1. The number of aryl methyl sites for hydroxylation is 2. The molecule has 0 bridgehead atoms. The van der Waals surface area contributed by atoms with Crippen molar-refractivity contribution in [3.63, 3.8) is 0 Å². The van der Waals surface area contributed by atoms with Crippen LogP contribution in [0.2, 0.25) is 0 Å². The highest BCUT2D eigenvalue weighted by Gasteiger charge is 2.51. The molecule has 3 aliphatic rings. The molecule has 9 nitrogen and oxygen atoms in total. The van der Waals surface area contributed by atoms with Crippen LogP contribution in [0.15, 0.2) is 42.1 Å². The average molecular weight is 460 g/mol. The smallest absolute Gasteiger partial charge is 0.322 e. The molecule has 2 aromatic rings. The Morgan fingerprint density at radius 1 is 1.15 bits per heavy atom. The second-order valence-electron chi connectivity index (χ2n) is 8.83. The predicted octanol–water partition coefficient (Wildman–Crippen LogP) is 2.44. The van der Waals surface area contributed by atoms with E-state index in [0.29, 0.717) is 30.7 Å². The van der Waals surface area contributed by atoms with E-state index in [1.54, 1.807) is 24.3 Å². The molecule has 1 saturated heterocycles. The molecule has 0 spiro atoms. The third-order valence-electron chi connectivity index (χ3n) is 6.64. The van der Waals surface area contributed by atoms with Crippen LogP contribution in [-0.4, -0.2) is 51.9 Å². The minimum Gasteiger partial charge on any atom is -0.497 e. The Hall–Kier alpha value is -4.01. The standard InChI is InChI=1S/C25H25N5O4/c1-14-11-26-15(2)21(27-14)16-4-7-18(8-5-16)25(23(32)28-24(33)29-25)13-30-12-17-6-9-19(34-3)10-20(17)22(30)31/h4,6-7,9-11H,5,8,12-13H2,1-3H3,(H2,28,29,32,33). The lowest BCUT2D eigenvalue weighted by Gasteiger charge is -2.34. The molecule has 0 radical (unpaired) electrons. The summed E-state index contributed by atoms with van der Waals surface area (Å²) in [7, 11) is 1.55. The maximum atomic E-state index is 13.2. The van der Waals surface area contributed by atoms with Crippen molar-refractivity contribution >= 4 is 23.4 Å². The van der Waals surface area contributed by atoms with Crippen molar-refractivity contribution in [1.29, 1.82) is 0 Å². The fourth-order valence-corrected chi connectivity index (χ4v) is 4.84. The second kappa shape index (κ2) is 8.09. The van der Waals surface area contributed by atoms with Crippen molar-refractivity contribution in [2.75, 3.05) is 13.7 Å². The number of fused-ring (bicyclic) bond motifs is 1. The zero-order valence-electron chi connectivity index (χ0n) is 19.3. The van der Waals surface area contributed by atoms with E-state index in [0.717, 1.165) is 33.8 Å². The lowest BCUT2D eigenvalue weighted by atomic mass is 9.81. The summed E-state index contributed by atoms with van der Waals surface area (Å²) in [4.78, 5) is 49.1. The summed E-state index contributed by atoms with van der Waals surface area (Å²) in [6.45, 7) is 4.21. The number of nitrogens with one attached hydrogen (secondary N) is 2. The van der Waals surface area contributed by atoms with Gasteiger partial charge in [0.2, 0.25) is 0 Å². The van der Waals surface area contributed by atoms with Crippen LogP contribution in [0.4, 0.5) is 4.79 Å². The number of hydrogen-bond acceptors (Lipinski definition) is 6. The van der Waals surface area contributed by atoms with E-state index in [4.69, 9.17) is 4.74 Å². The molecule has 2 aliphatic heterocycles. The number of urea groups is 1. The largest absolute Gasteiger partial charge is 0.497 e. The topological polar surface area (TPSA) is 114 Å². The summed E-state index contributed by atoms with van der Waals surface area (Å²) in [5.74, 6) is -0.0493. The lowest BCUT2D eigenvalue weighted by Crippen LogP contribution is -2.56. The summed E-state index contributed by atoms with van der Waals surface area (Å²) >= 11 is 0. The molecule has 0 saturated carbocycles. The number of aromatic nitrogens is 2. The zero-order chi connectivity index (χ0) is 24.0. The van der Waals surface area contributed by atoms with E-state index >= 15 is 0 Å². The number of amides is 4. The SMILES string of the molecule is COc1ccc2c(c1)C(=O)N(CC1(C3=CC=C(c4nc(C)cnc4C)CC3)NC(=O)NC1=O)C2. The normalized spacial score (nSPS) is 21.6. The molecule has 3 heterocycles. The highest BCUT2D eigenvalue weighted by atomic mass is 16.5. The second-order valence-corrected chi connectivity index (χ2v) is 8.83. The van der Waals surface area contributed by atoms with E-state index in [2.05, 4.69) is 20.6 Å². The third-order valence-corrected chi connectivity index (χ3v) is 6.64. The molecule has 4 amide bonds. The molecule has 1 atom stereocenters. The van der Waals surface area contributed by atoms with Crippen molar-refractivity contribution in [3.8, 4) is 5.75 Å². The van der Waals surface area contributed by atoms with Crippen LogP contribution in [0.25, 0.3) is 5.57 Å². The van der Waals surface area contributed by atoms with Crippen molar-refractivity contribution in [1.82, 2.24) is 25.5 Å². The van der Waals surface area contributed by atoms with E-state index in [1.807, 2.05) is 38.1 Å². The average Bonchev–Trinajstić information content (AvgIpc) is 3.30. The van der Waals surface area contributed by atoms with Gasteiger partial charge in [0.1, 0.15) is 5.75 Å². The Morgan fingerprint density at radius 2 is 1.97 bits per heavy atom. The van der Waals surface area contributed by atoms with E-state index < -0.39 is 17.5 Å². The molecular formula is C25H25N5O4. The number of hydrogen-bond donors (Lipinski definition) is 2. The quantitative estimate of drug-likeness (QED) is 0.664. The first-order chi connectivity index (χ1) is 16.3. The van der Waals surface area contributed by atoms with E-state index in [-0.39, 0.29) is 12.5 Å². The third kappa shape index (κ3) is 3.53. The molecule has 2 N–H and O–H groups in total. The molecule has 9 heteroatoms. The van der Waals surface area contributed by atoms with Crippen LogP contribution in [0.1, 0.15) is 45.8 Å². The van der Waals surface area contributed by atoms with Crippen molar-refractivity contribution in [3.05, 3.63) is 70.3 Å². The van der Waals surface area contributed by atoms with Crippen LogP contribution in [0.3, 0.4) is 0 Å². The predicted molar refractivity (Wildman–Crippen MR) is 124 cm³/mol. The number of rotatable bonds is 5. The lowest BCUT2D eigenvalue weighted by molar-refractivity contribution is -0.123. The number of ether oxygens (including phenoxy) is 1. The van der Waals surface area contributed by atoms with Gasteiger partial charge in [-0.05, 0) is 55.5 Å². The van der Waals surface area contributed by atoms with Gasteiger partial charge in [-0.15, -0.1) is 0 Å². The van der Waals surface area contributed by atoms with Gasteiger partial charge in [0, 0.05) is 18.3 Å². The molecule has 1 aromatic carbocycles. The first-order valence-corrected chi connectivity index (χ1v) is 11.1. The summed E-state index contributed by atoms with van der Waals surface area (Å²) < 4.78 is 5.25. The Labute approximate surface area is 196 Å². The Bertz CT molecular complexity index is 1300. The minimum atomic E-state index is -1.33. The van der Waals surface area contributed by atoms with E-state index in [1.165, 1.54) is 0 Å². The van der Waals surface area contributed by atoms with E-state index in [9.17, 15) is 14.4 Å². The fraction of sp³-hybridized carbons (Fsp3) is 0.320. The number of allylic oxidation sites excluding steroid dienone is 3. The number of methoxy groups -OCH3 is 1. The van der Waals surface area contributed by atoms with Gasteiger partial charge in [0.05, 0.1) is 30.7 Å². The highest BCUT2D eigenvalue weighted by molar-refractivity contribution is 6.10. The monoisotopic (exact) mass is 459 g/mol. The van der Waals surface area contributed by atoms with Gasteiger partial charge in [0.25, 0.3) is 11.8 Å². The van der Waals surface area contributed by atoms with Gasteiger partial charge < -0.3 is 15.0 Å². The van der Waals surface area contributed by atoms with Gasteiger partial charge in [-0.25, -0.2) is 9.78 Å². The maximum Gasteiger partial charge on any atom is 0.322 e. The molecule has 5 rings (SSSR count). The fourth-order valence-electron chi connectivity index (χ4n) is 4.84. The minimum absolute atomic E-state index is 0.0404. The van der Waals surface area contributed by atoms with Crippen LogP contribution in [-0.2, 0) is 11.3 Å². The van der Waals surface area contributed by atoms with Crippen LogP contribution >= 0.6 is 0 Å². The first-order valence-electron chi connectivity index (χ1n) is 11.1. The maximum absolute atomic E-state index is 13.2. The van der Waals surface area contributed by atoms with Crippen LogP contribution in [0.5, 0.6) is 5.75 Å². The number of carbonyl (C=O) groups is 3. The van der Waals surface area contributed by atoms with Crippen LogP contribution < -0.4 is 15.4 Å². The summed E-state index contributed by atoms with van der Waals surface area (Å²) in [5, 5.41) is 5.18. The Morgan fingerprint density at radius 3 is 2.65 bits per heavy atom. The highest BCUT2D eigenvalue weighted by Crippen LogP contribution is 2.36. The van der Waals surface area contributed by atoms with Gasteiger partial charge in [-0.2, -0.15) is 0 Å². The Kier molecular flexibility index (Phi) is 5.19. The van der Waals surface area contributed by atoms with Crippen molar-refractivity contribution in [2.24, 2.45) is 0 Å². The van der Waals surface area contributed by atoms with Crippen LogP contribution in [0, 0.1) is 13.8 Å². The van der Waals surface area contributed by atoms with Gasteiger partial charge in [-0.3, -0.25) is 19.9 Å². The first kappa shape index (κ1) is 21.8. The summed E-state index contributed by atoms with van der Waals surface area (Å²) in [6.07, 6.45) is 6.71. The molecular weight excluding hydrogens is 434 g/mol. The molecule has 1 aliphatic carbocycles. The molecule has 1 aromatic heterocycles.